The van der Waals surface area contributed by atoms with Crippen molar-refractivity contribution in [2.75, 3.05) is 5.73 Å². The Labute approximate surface area is 132 Å². The molecule has 3 nitrogen and oxygen atoms in total. The zero-order valence-corrected chi connectivity index (χ0v) is 13.0. The molecule has 0 saturated carbocycles. The maximum atomic E-state index is 6.25. The minimum Gasteiger partial charge on any atom is -0.380 e. The molecule has 108 valence electrons. The summed E-state index contributed by atoms with van der Waals surface area (Å²) in [5, 5.41) is 6.65. The summed E-state index contributed by atoms with van der Waals surface area (Å²) in [5.41, 5.74) is 7.65. The second-order valence-corrected chi connectivity index (χ2v) is 6.22. The second kappa shape index (κ2) is 6.33. The van der Waals surface area contributed by atoms with Gasteiger partial charge in [-0.3, -0.25) is 0 Å². The van der Waals surface area contributed by atoms with E-state index in [-0.39, 0.29) is 0 Å². The summed E-state index contributed by atoms with van der Waals surface area (Å²) in [5.74, 6) is 1.20. The van der Waals surface area contributed by atoms with E-state index in [1.807, 2.05) is 24.3 Å². The molecule has 0 aliphatic heterocycles. The smallest absolute Gasteiger partial charge is 0.175 e. The van der Waals surface area contributed by atoms with Crippen LogP contribution in [0.1, 0.15) is 17.1 Å². The SMILES string of the molecule is Nc1noc(CCCc2cccs2)c1-c1ccccc1Cl. The second-order valence-electron chi connectivity index (χ2n) is 4.78. The minimum atomic E-state index is 0.397. The number of thiophene rings is 1. The van der Waals surface area contributed by atoms with Crippen LogP contribution in [0.4, 0.5) is 5.82 Å². The molecule has 2 N–H and O–H groups in total. The van der Waals surface area contributed by atoms with Gasteiger partial charge in [-0.05, 0) is 30.4 Å². The molecule has 2 heterocycles. The summed E-state index contributed by atoms with van der Waals surface area (Å²) < 4.78 is 5.39. The standard InChI is InChI=1S/C16H15ClN2OS/c17-13-8-2-1-7-12(13)15-14(20-19-16(15)18)9-3-5-11-6-4-10-21-11/h1-2,4,6-8,10H,3,5,9H2,(H2,18,19). The van der Waals surface area contributed by atoms with E-state index in [1.165, 1.54) is 4.88 Å². The maximum Gasteiger partial charge on any atom is 0.175 e. The van der Waals surface area contributed by atoms with Crippen molar-refractivity contribution < 1.29 is 4.52 Å². The number of anilines is 1. The number of benzene rings is 1. The van der Waals surface area contributed by atoms with Crippen molar-refractivity contribution in [2.45, 2.75) is 19.3 Å². The van der Waals surface area contributed by atoms with Crippen molar-refractivity contribution in [3.8, 4) is 11.1 Å². The van der Waals surface area contributed by atoms with Crippen LogP contribution in [0.3, 0.4) is 0 Å². The molecule has 0 spiro atoms. The Morgan fingerprint density at radius 3 is 2.76 bits per heavy atom. The molecule has 0 atom stereocenters. The molecule has 21 heavy (non-hydrogen) atoms. The third kappa shape index (κ3) is 3.12. The Balaban J connectivity index is 1.79. The lowest BCUT2D eigenvalue weighted by Crippen LogP contribution is -1.93. The number of nitrogens with zero attached hydrogens (tertiary/aromatic N) is 1. The van der Waals surface area contributed by atoms with Crippen molar-refractivity contribution >= 4 is 28.8 Å². The van der Waals surface area contributed by atoms with Crippen LogP contribution in [0.25, 0.3) is 11.1 Å². The van der Waals surface area contributed by atoms with Crippen molar-refractivity contribution in [3.63, 3.8) is 0 Å². The van der Waals surface area contributed by atoms with Crippen LogP contribution in [-0.4, -0.2) is 5.16 Å². The van der Waals surface area contributed by atoms with Gasteiger partial charge in [-0.1, -0.05) is 41.0 Å². The maximum absolute atomic E-state index is 6.25. The van der Waals surface area contributed by atoms with E-state index in [9.17, 15) is 0 Å². The zero-order valence-electron chi connectivity index (χ0n) is 11.4. The molecule has 2 aromatic heterocycles. The highest BCUT2D eigenvalue weighted by Crippen LogP contribution is 2.35. The van der Waals surface area contributed by atoms with Crippen LogP contribution in [0, 0.1) is 0 Å². The number of halogens is 1. The van der Waals surface area contributed by atoms with Gasteiger partial charge in [0.2, 0.25) is 0 Å². The molecule has 1 aromatic carbocycles. The Morgan fingerprint density at radius 2 is 2.00 bits per heavy atom. The number of rotatable bonds is 5. The summed E-state index contributed by atoms with van der Waals surface area (Å²) in [6.07, 6.45) is 2.81. The van der Waals surface area contributed by atoms with Gasteiger partial charge < -0.3 is 10.3 Å². The normalized spacial score (nSPS) is 10.9. The van der Waals surface area contributed by atoms with E-state index >= 15 is 0 Å². The summed E-state index contributed by atoms with van der Waals surface area (Å²) in [4.78, 5) is 1.38. The Hall–Kier alpha value is -1.78. The summed E-state index contributed by atoms with van der Waals surface area (Å²) >= 11 is 8.03. The topological polar surface area (TPSA) is 52.0 Å². The van der Waals surface area contributed by atoms with Gasteiger partial charge in [0.05, 0.1) is 5.56 Å². The number of nitrogens with two attached hydrogens (primary N) is 1. The first-order valence-electron chi connectivity index (χ1n) is 6.77. The summed E-state index contributed by atoms with van der Waals surface area (Å²) in [6, 6.07) is 11.8. The molecule has 0 saturated heterocycles. The van der Waals surface area contributed by atoms with Crippen molar-refractivity contribution in [1.82, 2.24) is 5.16 Å². The number of hydrogen-bond acceptors (Lipinski definition) is 4. The first kappa shape index (κ1) is 14.2. The minimum absolute atomic E-state index is 0.397. The highest BCUT2D eigenvalue weighted by atomic mass is 35.5. The van der Waals surface area contributed by atoms with Crippen molar-refractivity contribution in [3.05, 3.63) is 57.4 Å². The highest BCUT2D eigenvalue weighted by Gasteiger charge is 2.17. The molecule has 3 aromatic rings. The lowest BCUT2D eigenvalue weighted by molar-refractivity contribution is 0.384. The first-order chi connectivity index (χ1) is 10.3. The van der Waals surface area contributed by atoms with Gasteiger partial charge >= 0.3 is 0 Å². The molecular formula is C16H15ClN2OS. The van der Waals surface area contributed by atoms with Crippen LogP contribution in [0.2, 0.25) is 5.02 Å². The lowest BCUT2D eigenvalue weighted by atomic mass is 10.0. The molecule has 0 aliphatic rings. The largest absolute Gasteiger partial charge is 0.380 e. The average Bonchev–Trinajstić information content (AvgIpc) is 3.11. The van der Waals surface area contributed by atoms with Crippen LogP contribution in [0.15, 0.2) is 46.3 Å². The van der Waals surface area contributed by atoms with E-state index in [4.69, 9.17) is 21.9 Å². The third-order valence-electron chi connectivity index (χ3n) is 3.34. The third-order valence-corrected chi connectivity index (χ3v) is 4.61. The van der Waals surface area contributed by atoms with E-state index in [2.05, 4.69) is 22.7 Å². The zero-order chi connectivity index (χ0) is 14.7. The van der Waals surface area contributed by atoms with E-state index in [0.29, 0.717) is 10.8 Å². The van der Waals surface area contributed by atoms with E-state index in [1.54, 1.807) is 11.3 Å². The fourth-order valence-corrected chi connectivity index (χ4v) is 3.32. The summed E-state index contributed by atoms with van der Waals surface area (Å²) in [6.45, 7) is 0. The Bertz CT molecular complexity index is 722. The lowest BCUT2D eigenvalue weighted by Gasteiger charge is -2.04. The number of hydrogen-bond donors (Lipinski definition) is 1. The van der Waals surface area contributed by atoms with Gasteiger partial charge in [0.25, 0.3) is 0 Å². The molecule has 0 unspecified atom stereocenters. The van der Waals surface area contributed by atoms with Gasteiger partial charge in [0, 0.05) is 21.9 Å². The van der Waals surface area contributed by atoms with Gasteiger partial charge in [0.15, 0.2) is 5.82 Å². The van der Waals surface area contributed by atoms with Crippen molar-refractivity contribution in [1.29, 1.82) is 0 Å². The van der Waals surface area contributed by atoms with E-state index < -0.39 is 0 Å². The van der Waals surface area contributed by atoms with Gasteiger partial charge in [-0.15, -0.1) is 11.3 Å². The molecule has 0 aliphatic carbocycles. The van der Waals surface area contributed by atoms with Gasteiger partial charge in [0.1, 0.15) is 5.76 Å². The van der Waals surface area contributed by atoms with Crippen LogP contribution in [0.5, 0.6) is 0 Å². The molecule has 0 amide bonds. The fraction of sp³-hybridized carbons (Fsp3) is 0.188. The molecule has 0 bridgehead atoms. The number of aromatic nitrogens is 1. The predicted octanol–water partition coefficient (Wildman–Crippen LogP) is 4.81. The first-order valence-corrected chi connectivity index (χ1v) is 8.03. The molecule has 3 rings (SSSR count). The van der Waals surface area contributed by atoms with Gasteiger partial charge in [-0.2, -0.15) is 0 Å². The predicted molar refractivity (Wildman–Crippen MR) is 87.7 cm³/mol. The quantitative estimate of drug-likeness (QED) is 0.734. The van der Waals surface area contributed by atoms with Gasteiger partial charge in [-0.25, -0.2) is 0 Å². The fourth-order valence-electron chi connectivity index (χ4n) is 2.34. The monoisotopic (exact) mass is 318 g/mol. The van der Waals surface area contributed by atoms with E-state index in [0.717, 1.165) is 36.1 Å². The Morgan fingerprint density at radius 1 is 1.14 bits per heavy atom. The number of aryl methyl sites for hydroxylation is 2. The Kier molecular flexibility index (Phi) is 4.27. The number of nitrogen functional groups attached to an aromatic ring is 1. The molecule has 0 radical (unpaired) electrons. The van der Waals surface area contributed by atoms with Crippen LogP contribution < -0.4 is 5.73 Å². The summed E-state index contributed by atoms with van der Waals surface area (Å²) in [7, 11) is 0. The van der Waals surface area contributed by atoms with Crippen LogP contribution in [-0.2, 0) is 12.8 Å². The van der Waals surface area contributed by atoms with Crippen LogP contribution >= 0.6 is 22.9 Å². The molecule has 5 heteroatoms. The average molecular weight is 319 g/mol. The van der Waals surface area contributed by atoms with Crippen molar-refractivity contribution in [2.24, 2.45) is 0 Å². The highest BCUT2D eigenvalue weighted by molar-refractivity contribution is 7.09. The molecule has 0 fully saturated rings. The molecular weight excluding hydrogens is 304 g/mol.